The zero-order chi connectivity index (χ0) is 15.1. The lowest BCUT2D eigenvalue weighted by atomic mass is 10.2. The summed E-state index contributed by atoms with van der Waals surface area (Å²) in [6.45, 7) is 2.36. The van der Waals surface area contributed by atoms with Gasteiger partial charge in [-0.1, -0.05) is 12.1 Å². The molecule has 0 amide bonds. The van der Waals surface area contributed by atoms with E-state index >= 15 is 0 Å². The van der Waals surface area contributed by atoms with E-state index in [2.05, 4.69) is 0 Å². The molecule has 4 nitrogen and oxygen atoms in total. The molecule has 0 unspecified atom stereocenters. The highest BCUT2D eigenvalue weighted by Crippen LogP contribution is 2.11. The first-order chi connectivity index (χ1) is 10.2. The van der Waals surface area contributed by atoms with E-state index in [1.165, 1.54) is 0 Å². The maximum atomic E-state index is 11.6. The molecule has 21 heavy (non-hydrogen) atoms. The minimum absolute atomic E-state index is 0.184. The van der Waals surface area contributed by atoms with Crippen molar-refractivity contribution in [3.63, 3.8) is 0 Å². The average molecular weight is 284 g/mol. The van der Waals surface area contributed by atoms with Gasteiger partial charge in [0.25, 0.3) is 0 Å². The summed E-state index contributed by atoms with van der Waals surface area (Å²) in [5.41, 5.74) is 1.87. The molecule has 108 valence electrons. The molecule has 1 heterocycles. The van der Waals surface area contributed by atoms with E-state index in [4.69, 9.17) is 4.74 Å². The van der Waals surface area contributed by atoms with E-state index < -0.39 is 0 Å². The van der Waals surface area contributed by atoms with Gasteiger partial charge in [0.2, 0.25) is 12.2 Å². The number of hydrogen-bond donors (Lipinski definition) is 1. The van der Waals surface area contributed by atoms with Crippen molar-refractivity contribution in [3.8, 4) is 5.75 Å². The Morgan fingerprint density at radius 3 is 2.67 bits per heavy atom. The highest BCUT2D eigenvalue weighted by atomic mass is 16.5. The monoisotopic (exact) mass is 284 g/mol. The molecule has 0 saturated heterocycles. The summed E-state index contributed by atoms with van der Waals surface area (Å²) < 4.78 is 6.79. The first-order valence-corrected chi connectivity index (χ1v) is 6.80. The van der Waals surface area contributed by atoms with E-state index in [0.717, 1.165) is 11.3 Å². The maximum Gasteiger partial charge on any atom is 0.372 e. The fourth-order valence-electron chi connectivity index (χ4n) is 1.90. The summed E-state index contributed by atoms with van der Waals surface area (Å²) in [5, 5.41) is 9.26. The number of esters is 1. The number of nitrogens with zero attached hydrogens (tertiary/aromatic N) is 1. The quantitative estimate of drug-likeness (QED) is 0.677. The summed E-state index contributed by atoms with van der Waals surface area (Å²) in [4.78, 5) is 11.6. The average Bonchev–Trinajstić information content (AvgIpc) is 2.48. The second-order valence-corrected chi connectivity index (χ2v) is 4.48. The van der Waals surface area contributed by atoms with Gasteiger partial charge in [-0.15, -0.1) is 0 Å². The van der Waals surface area contributed by atoms with Gasteiger partial charge in [-0.05, 0) is 36.8 Å². The normalized spacial score (nSPS) is 10.7. The zero-order valence-corrected chi connectivity index (χ0v) is 11.9. The van der Waals surface area contributed by atoms with Gasteiger partial charge in [0.1, 0.15) is 5.75 Å². The van der Waals surface area contributed by atoms with Crippen LogP contribution in [0.2, 0.25) is 0 Å². The number of rotatable bonds is 5. The minimum Gasteiger partial charge on any atom is -0.508 e. The van der Waals surface area contributed by atoms with E-state index in [-0.39, 0.29) is 18.3 Å². The van der Waals surface area contributed by atoms with Crippen LogP contribution in [0.15, 0.2) is 48.7 Å². The maximum absolute atomic E-state index is 11.6. The second-order valence-electron chi connectivity index (χ2n) is 4.48. The van der Waals surface area contributed by atoms with E-state index in [1.54, 1.807) is 19.1 Å². The van der Waals surface area contributed by atoms with Gasteiger partial charge in [0.05, 0.1) is 6.61 Å². The van der Waals surface area contributed by atoms with Gasteiger partial charge >= 0.3 is 5.97 Å². The number of carbonyl (C=O) groups excluding carboxylic acids is 1. The number of aromatic nitrogens is 1. The molecule has 0 spiro atoms. The van der Waals surface area contributed by atoms with Crippen LogP contribution in [0.3, 0.4) is 0 Å². The number of hydrogen-bond acceptors (Lipinski definition) is 3. The van der Waals surface area contributed by atoms with Crippen molar-refractivity contribution in [3.05, 3.63) is 59.9 Å². The lowest BCUT2D eigenvalue weighted by Gasteiger charge is -2.01. The molecule has 0 aliphatic rings. The molecule has 0 saturated carbocycles. The molecule has 0 bridgehead atoms. The third-order valence-electron chi connectivity index (χ3n) is 2.92. The van der Waals surface area contributed by atoms with Crippen molar-refractivity contribution in [2.75, 3.05) is 6.61 Å². The van der Waals surface area contributed by atoms with Crippen LogP contribution in [0.25, 0.3) is 12.2 Å². The van der Waals surface area contributed by atoms with Crippen LogP contribution in [-0.2, 0) is 16.1 Å². The van der Waals surface area contributed by atoms with Crippen molar-refractivity contribution in [2.24, 2.45) is 0 Å². The SMILES string of the molecule is CCOC(=O)C[n+]1ccccc1/C=C/c1ccc(O)cc1. The molecule has 1 aromatic carbocycles. The Kier molecular flexibility index (Phi) is 5.10. The Labute approximate surface area is 123 Å². The van der Waals surface area contributed by atoms with Gasteiger partial charge in [0, 0.05) is 18.2 Å². The molecule has 4 heteroatoms. The number of phenolic OH excluding ortho intramolecular Hbond substituents is 1. The predicted octanol–water partition coefficient (Wildman–Crippen LogP) is 2.41. The van der Waals surface area contributed by atoms with Crippen molar-refractivity contribution in [1.29, 1.82) is 0 Å². The van der Waals surface area contributed by atoms with Crippen LogP contribution in [0.1, 0.15) is 18.2 Å². The topological polar surface area (TPSA) is 50.4 Å². The zero-order valence-electron chi connectivity index (χ0n) is 11.9. The Morgan fingerprint density at radius 2 is 1.95 bits per heavy atom. The Morgan fingerprint density at radius 1 is 1.19 bits per heavy atom. The van der Waals surface area contributed by atoms with Crippen LogP contribution >= 0.6 is 0 Å². The molecule has 1 N–H and O–H groups in total. The smallest absolute Gasteiger partial charge is 0.372 e. The number of benzene rings is 1. The third kappa shape index (κ3) is 4.45. The standard InChI is InChI=1S/C17H17NO3/c1-2-21-17(20)13-18-12-4-3-5-15(18)9-6-14-7-10-16(19)11-8-14/h3-12H,2,13H2,1H3/p+1. The van der Waals surface area contributed by atoms with Gasteiger partial charge in [-0.25, -0.2) is 4.79 Å². The van der Waals surface area contributed by atoms with Crippen molar-refractivity contribution in [1.82, 2.24) is 0 Å². The fraction of sp³-hybridized carbons (Fsp3) is 0.176. The summed E-state index contributed by atoms with van der Waals surface area (Å²) in [7, 11) is 0. The molecular formula is C17H18NO3+. The minimum atomic E-state index is -0.256. The number of carbonyl (C=O) groups is 1. The summed E-state index contributed by atoms with van der Waals surface area (Å²) in [5.74, 6) is -0.0165. The van der Waals surface area contributed by atoms with Crippen molar-refractivity contribution in [2.45, 2.75) is 13.5 Å². The summed E-state index contributed by atoms with van der Waals surface area (Å²) in [6.07, 6.45) is 5.69. The Bertz CT molecular complexity index is 633. The van der Waals surface area contributed by atoms with E-state index in [1.807, 2.05) is 53.2 Å². The van der Waals surface area contributed by atoms with Gasteiger partial charge in [0.15, 0.2) is 6.20 Å². The first kappa shape index (κ1) is 14.8. The van der Waals surface area contributed by atoms with E-state index in [9.17, 15) is 9.90 Å². The largest absolute Gasteiger partial charge is 0.508 e. The van der Waals surface area contributed by atoms with Crippen molar-refractivity contribution < 1.29 is 19.2 Å². The summed E-state index contributed by atoms with van der Waals surface area (Å²) >= 11 is 0. The molecule has 0 radical (unpaired) electrons. The number of aromatic hydroxyl groups is 1. The van der Waals surface area contributed by atoms with Crippen LogP contribution in [-0.4, -0.2) is 17.7 Å². The van der Waals surface area contributed by atoms with Gasteiger partial charge in [-0.2, -0.15) is 4.57 Å². The molecule has 0 fully saturated rings. The molecule has 0 aliphatic heterocycles. The molecule has 2 aromatic rings. The molecule has 2 rings (SSSR count). The van der Waals surface area contributed by atoms with E-state index in [0.29, 0.717) is 6.61 Å². The number of ether oxygens (including phenoxy) is 1. The number of pyridine rings is 1. The molecule has 0 atom stereocenters. The lowest BCUT2D eigenvalue weighted by Crippen LogP contribution is -2.41. The third-order valence-corrected chi connectivity index (χ3v) is 2.92. The number of phenols is 1. The molecule has 0 aliphatic carbocycles. The van der Waals surface area contributed by atoms with Crippen LogP contribution in [0.5, 0.6) is 5.75 Å². The Hall–Kier alpha value is -2.62. The van der Waals surface area contributed by atoms with Crippen molar-refractivity contribution >= 4 is 18.1 Å². The van der Waals surface area contributed by atoms with Crippen LogP contribution < -0.4 is 4.57 Å². The highest BCUT2D eigenvalue weighted by molar-refractivity contribution is 5.69. The van der Waals surface area contributed by atoms with Crippen LogP contribution in [0, 0.1) is 0 Å². The molecule has 1 aromatic heterocycles. The lowest BCUT2D eigenvalue weighted by molar-refractivity contribution is -0.687. The van der Waals surface area contributed by atoms with Crippen LogP contribution in [0.4, 0.5) is 0 Å². The van der Waals surface area contributed by atoms with Gasteiger partial charge in [-0.3, -0.25) is 0 Å². The molecular weight excluding hydrogens is 266 g/mol. The van der Waals surface area contributed by atoms with Gasteiger partial charge < -0.3 is 9.84 Å². The Balaban J connectivity index is 2.16. The fourth-order valence-corrected chi connectivity index (χ4v) is 1.90. The summed E-state index contributed by atoms with van der Waals surface area (Å²) in [6, 6.07) is 12.6. The first-order valence-electron chi connectivity index (χ1n) is 6.80. The highest BCUT2D eigenvalue weighted by Gasteiger charge is 2.13. The predicted molar refractivity (Wildman–Crippen MR) is 80.3 cm³/mol. The second kappa shape index (κ2) is 7.24.